The number of hydrogen-bond acceptors (Lipinski definition) is 4. The Morgan fingerprint density at radius 1 is 1.25 bits per heavy atom. The van der Waals surface area contributed by atoms with Gasteiger partial charge < -0.3 is 9.30 Å². The number of hydrogen-bond donors (Lipinski definition) is 1. The molecule has 0 unspecified atom stereocenters. The largest absolute Gasteiger partial charge is 0.497 e. The molecule has 122 valence electrons. The Bertz CT molecular complexity index is 915. The maximum atomic E-state index is 12.6. The number of Topliss-reactive ketones (excluding diaryl/α,β-unsaturated/α-hetero) is 1. The number of aromatic nitrogens is 1. The van der Waals surface area contributed by atoms with Crippen molar-refractivity contribution in [2.24, 2.45) is 5.41 Å². The smallest absolute Gasteiger partial charge is 0.165 e. The summed E-state index contributed by atoms with van der Waals surface area (Å²) in [6.45, 7) is 4.03. The highest BCUT2D eigenvalue weighted by atomic mass is 16.5. The zero-order chi connectivity index (χ0) is 17.5. The topological polar surface area (TPSA) is 78.9 Å². The molecule has 0 saturated carbocycles. The van der Waals surface area contributed by atoms with Gasteiger partial charge in [-0.1, -0.05) is 13.8 Å². The second kappa shape index (κ2) is 5.64. The van der Waals surface area contributed by atoms with Crippen LogP contribution >= 0.6 is 0 Å². The summed E-state index contributed by atoms with van der Waals surface area (Å²) in [7, 11) is 1.59. The number of methoxy groups -OCH3 is 1. The summed E-state index contributed by atoms with van der Waals surface area (Å²) in [5.74, 6) is 0.738. The molecule has 5 heteroatoms. The van der Waals surface area contributed by atoms with Gasteiger partial charge in [-0.15, -0.1) is 0 Å². The second-order valence-corrected chi connectivity index (χ2v) is 6.87. The summed E-state index contributed by atoms with van der Waals surface area (Å²) in [4.78, 5) is 12.6. The Morgan fingerprint density at radius 2 is 1.92 bits per heavy atom. The number of carbonyl (C=O) groups is 1. The Morgan fingerprint density at radius 3 is 2.50 bits per heavy atom. The Balaban J connectivity index is 2.24. The highest BCUT2D eigenvalue weighted by Crippen LogP contribution is 2.35. The van der Waals surface area contributed by atoms with E-state index in [9.17, 15) is 10.1 Å². The first-order valence-corrected chi connectivity index (χ1v) is 7.77. The highest BCUT2D eigenvalue weighted by molar-refractivity contribution is 5.99. The van der Waals surface area contributed by atoms with Crippen molar-refractivity contribution in [1.29, 1.82) is 10.7 Å². The average molecular weight is 321 g/mol. The van der Waals surface area contributed by atoms with Crippen molar-refractivity contribution in [3.63, 3.8) is 0 Å². The normalized spacial score (nSPS) is 15.5. The van der Waals surface area contributed by atoms with Gasteiger partial charge in [0.25, 0.3) is 0 Å². The first-order valence-electron chi connectivity index (χ1n) is 7.77. The molecule has 0 radical (unpaired) electrons. The molecule has 0 atom stereocenters. The van der Waals surface area contributed by atoms with Crippen molar-refractivity contribution < 1.29 is 9.53 Å². The number of nitrogens with one attached hydrogen (secondary N) is 1. The molecule has 0 aliphatic heterocycles. The molecule has 5 nitrogen and oxygen atoms in total. The van der Waals surface area contributed by atoms with Crippen LogP contribution in [0.1, 0.15) is 41.8 Å². The molecule has 1 heterocycles. The van der Waals surface area contributed by atoms with E-state index in [4.69, 9.17) is 10.1 Å². The predicted molar refractivity (Wildman–Crippen MR) is 89.3 cm³/mol. The summed E-state index contributed by atoms with van der Waals surface area (Å²) in [6.07, 6.45) is 2.77. The van der Waals surface area contributed by atoms with E-state index in [-0.39, 0.29) is 22.2 Å². The lowest BCUT2D eigenvalue weighted by molar-refractivity contribution is 0.0911. The average Bonchev–Trinajstić information content (AvgIpc) is 2.54. The van der Waals surface area contributed by atoms with Gasteiger partial charge in [0, 0.05) is 23.9 Å². The van der Waals surface area contributed by atoms with Crippen molar-refractivity contribution >= 4 is 5.78 Å². The van der Waals surface area contributed by atoms with E-state index in [1.807, 2.05) is 26.0 Å². The number of nitriles is 1. The molecule has 0 bridgehead atoms. The van der Waals surface area contributed by atoms with Gasteiger partial charge in [0.15, 0.2) is 5.78 Å². The molecule has 0 saturated heterocycles. The van der Waals surface area contributed by atoms with E-state index >= 15 is 0 Å². The standard InChI is InChI=1S/C19H19N3O2/c1-19(2)8-14-15(10-20)18(21)22(11-16(14)17(23)9-19)12-4-6-13(24-3)7-5-12/h4-7,11,21H,8-9H2,1-3H3. The number of nitrogens with zero attached hydrogens (tertiary/aromatic N) is 2. The first-order chi connectivity index (χ1) is 11.4. The molecular weight excluding hydrogens is 302 g/mol. The fourth-order valence-corrected chi connectivity index (χ4v) is 3.23. The molecule has 1 aromatic carbocycles. The van der Waals surface area contributed by atoms with E-state index in [1.165, 1.54) is 0 Å². The lowest BCUT2D eigenvalue weighted by Gasteiger charge is -2.31. The fraction of sp³-hybridized carbons (Fsp3) is 0.316. The quantitative estimate of drug-likeness (QED) is 0.923. The Labute approximate surface area is 140 Å². The minimum Gasteiger partial charge on any atom is -0.497 e. The van der Waals surface area contributed by atoms with Crippen molar-refractivity contribution in [3.8, 4) is 17.5 Å². The first kappa shape index (κ1) is 16.0. The number of ketones is 1. The number of ether oxygens (including phenoxy) is 1. The van der Waals surface area contributed by atoms with Crippen LogP contribution in [-0.4, -0.2) is 17.5 Å². The number of rotatable bonds is 2. The molecule has 24 heavy (non-hydrogen) atoms. The van der Waals surface area contributed by atoms with Crippen LogP contribution in [0.25, 0.3) is 5.69 Å². The lowest BCUT2D eigenvalue weighted by Crippen LogP contribution is -2.33. The molecule has 2 aromatic rings. The molecule has 1 aliphatic rings. The van der Waals surface area contributed by atoms with Gasteiger partial charge in [0.05, 0.1) is 12.7 Å². The predicted octanol–water partition coefficient (Wildman–Crippen LogP) is 2.99. The van der Waals surface area contributed by atoms with E-state index in [0.717, 1.165) is 5.69 Å². The molecule has 0 amide bonds. The van der Waals surface area contributed by atoms with Gasteiger partial charge in [-0.3, -0.25) is 10.2 Å². The van der Waals surface area contributed by atoms with Crippen LogP contribution in [-0.2, 0) is 6.42 Å². The molecule has 0 fully saturated rings. The Kier molecular flexibility index (Phi) is 3.76. The molecule has 3 rings (SSSR count). The van der Waals surface area contributed by atoms with Crippen LogP contribution in [0.3, 0.4) is 0 Å². The number of benzene rings is 1. The van der Waals surface area contributed by atoms with Gasteiger partial charge in [-0.25, -0.2) is 0 Å². The minimum atomic E-state index is -0.186. The van der Waals surface area contributed by atoms with Crippen LogP contribution in [0.15, 0.2) is 30.5 Å². The summed E-state index contributed by atoms with van der Waals surface area (Å²) in [5.41, 5.74) is 2.18. The van der Waals surface area contributed by atoms with Crippen molar-refractivity contribution in [1.82, 2.24) is 4.57 Å². The van der Waals surface area contributed by atoms with Gasteiger partial charge in [0.1, 0.15) is 17.3 Å². The van der Waals surface area contributed by atoms with E-state index < -0.39 is 0 Å². The van der Waals surface area contributed by atoms with E-state index in [2.05, 4.69) is 6.07 Å². The van der Waals surface area contributed by atoms with Crippen LogP contribution in [0, 0.1) is 22.2 Å². The van der Waals surface area contributed by atoms with Crippen LogP contribution in [0.5, 0.6) is 5.75 Å². The molecule has 1 aromatic heterocycles. The molecular formula is C19H19N3O2. The summed E-state index contributed by atoms with van der Waals surface area (Å²) in [6, 6.07) is 9.32. The van der Waals surface area contributed by atoms with Gasteiger partial charge in [-0.2, -0.15) is 5.26 Å². The Hall–Kier alpha value is -2.87. The maximum Gasteiger partial charge on any atom is 0.165 e. The zero-order valence-electron chi connectivity index (χ0n) is 14.0. The zero-order valence-corrected chi connectivity index (χ0v) is 14.0. The van der Waals surface area contributed by atoms with Crippen molar-refractivity contribution in [2.45, 2.75) is 26.7 Å². The molecule has 0 spiro atoms. The SMILES string of the molecule is COc1ccc(-n2cc3c(c(C#N)c2=N)CC(C)(C)CC3=O)cc1. The lowest BCUT2D eigenvalue weighted by atomic mass is 9.73. The summed E-state index contributed by atoms with van der Waals surface area (Å²) in [5, 5.41) is 18.0. The highest BCUT2D eigenvalue weighted by Gasteiger charge is 2.33. The van der Waals surface area contributed by atoms with Gasteiger partial charge in [0.2, 0.25) is 0 Å². The molecule has 1 aliphatic carbocycles. The third kappa shape index (κ3) is 2.61. The van der Waals surface area contributed by atoms with Crippen molar-refractivity contribution in [2.75, 3.05) is 7.11 Å². The third-order valence-corrected chi connectivity index (χ3v) is 4.42. The summed E-state index contributed by atoms with van der Waals surface area (Å²) < 4.78 is 6.74. The van der Waals surface area contributed by atoms with Crippen LogP contribution in [0.4, 0.5) is 0 Å². The number of pyridine rings is 1. The van der Waals surface area contributed by atoms with Crippen LogP contribution in [0.2, 0.25) is 0 Å². The second-order valence-electron chi connectivity index (χ2n) is 6.87. The molecule has 1 N–H and O–H groups in total. The maximum absolute atomic E-state index is 12.6. The van der Waals surface area contributed by atoms with Crippen LogP contribution < -0.4 is 10.2 Å². The van der Waals surface area contributed by atoms with Gasteiger partial charge >= 0.3 is 0 Å². The van der Waals surface area contributed by atoms with Gasteiger partial charge in [-0.05, 0) is 41.7 Å². The number of carbonyl (C=O) groups excluding carboxylic acids is 1. The van der Waals surface area contributed by atoms with E-state index in [0.29, 0.717) is 29.7 Å². The minimum absolute atomic E-state index is 0.0278. The fourth-order valence-electron chi connectivity index (χ4n) is 3.23. The summed E-state index contributed by atoms with van der Waals surface area (Å²) >= 11 is 0. The number of fused-ring (bicyclic) bond motifs is 1. The monoisotopic (exact) mass is 321 g/mol. The van der Waals surface area contributed by atoms with Crippen molar-refractivity contribution in [3.05, 3.63) is 52.6 Å². The van der Waals surface area contributed by atoms with E-state index in [1.54, 1.807) is 30.0 Å². The third-order valence-electron chi connectivity index (χ3n) is 4.42.